The molecule has 3 rings (SSSR count). The highest BCUT2D eigenvalue weighted by molar-refractivity contribution is 7.92. The van der Waals surface area contributed by atoms with Crippen molar-refractivity contribution in [2.75, 3.05) is 17.4 Å². The van der Waals surface area contributed by atoms with Crippen LogP contribution in [0.3, 0.4) is 0 Å². The second-order valence-electron chi connectivity index (χ2n) is 9.70. The van der Waals surface area contributed by atoms with Crippen LogP contribution < -0.4 is 9.62 Å². The number of carbonyl (C=O) groups is 2. The number of hydrogen-bond donors (Lipinski definition) is 1. The molecule has 0 unspecified atom stereocenters. The zero-order chi connectivity index (χ0) is 28.7. The summed E-state index contributed by atoms with van der Waals surface area (Å²) in [6, 6.07) is 17.3. The van der Waals surface area contributed by atoms with E-state index in [-0.39, 0.29) is 23.0 Å². The van der Waals surface area contributed by atoms with Crippen molar-refractivity contribution in [1.82, 2.24) is 10.2 Å². The van der Waals surface area contributed by atoms with Crippen LogP contribution in [0, 0.1) is 18.7 Å². The molecule has 3 aromatic carbocycles. The Morgan fingerprint density at radius 3 is 2.18 bits per heavy atom. The maximum atomic E-state index is 15.0. The molecule has 0 aliphatic carbocycles. The van der Waals surface area contributed by atoms with Crippen LogP contribution in [0.5, 0.6) is 0 Å². The van der Waals surface area contributed by atoms with E-state index in [9.17, 15) is 22.4 Å². The summed E-state index contributed by atoms with van der Waals surface area (Å²) in [5.41, 5.74) is 1.14. The minimum absolute atomic E-state index is 0.0511. The first-order valence-electron chi connectivity index (χ1n) is 12.6. The Morgan fingerprint density at radius 1 is 0.949 bits per heavy atom. The molecule has 0 saturated heterocycles. The molecule has 0 heterocycles. The fourth-order valence-electron chi connectivity index (χ4n) is 3.85. The summed E-state index contributed by atoms with van der Waals surface area (Å²) in [5, 5.41) is 3.21. The van der Waals surface area contributed by atoms with Crippen LogP contribution in [0.4, 0.5) is 10.1 Å². The molecular weight excluding hydrogens is 541 g/mol. The lowest BCUT2D eigenvalue weighted by molar-refractivity contribution is -0.139. The number of anilines is 1. The van der Waals surface area contributed by atoms with Crippen LogP contribution in [0.25, 0.3) is 0 Å². The number of amides is 2. The highest BCUT2D eigenvalue weighted by Crippen LogP contribution is 2.27. The van der Waals surface area contributed by atoms with Gasteiger partial charge in [0, 0.05) is 18.1 Å². The summed E-state index contributed by atoms with van der Waals surface area (Å²) < 4.78 is 43.2. The summed E-state index contributed by atoms with van der Waals surface area (Å²) in [7, 11) is -4.35. The molecule has 2 amide bonds. The molecule has 10 heteroatoms. The number of carbonyl (C=O) groups excluding carboxylic acids is 2. The fraction of sp³-hybridized carbons (Fsp3) is 0.310. The number of halogens is 2. The van der Waals surface area contributed by atoms with Crippen LogP contribution >= 0.6 is 11.6 Å². The third-order valence-corrected chi connectivity index (χ3v) is 8.30. The first-order chi connectivity index (χ1) is 18.4. The molecule has 0 aromatic heterocycles. The molecular formula is C29H33ClFN3O4S. The second-order valence-corrected chi connectivity index (χ2v) is 12.0. The topological polar surface area (TPSA) is 86.8 Å². The predicted molar refractivity (Wildman–Crippen MR) is 151 cm³/mol. The van der Waals surface area contributed by atoms with Crippen molar-refractivity contribution in [2.45, 2.75) is 45.2 Å². The van der Waals surface area contributed by atoms with Gasteiger partial charge in [-0.2, -0.15) is 0 Å². The first-order valence-corrected chi connectivity index (χ1v) is 14.4. The molecule has 0 spiro atoms. The summed E-state index contributed by atoms with van der Waals surface area (Å²) in [4.78, 5) is 28.0. The minimum Gasteiger partial charge on any atom is -0.354 e. The van der Waals surface area contributed by atoms with E-state index in [4.69, 9.17) is 11.6 Å². The molecule has 0 aliphatic heterocycles. The van der Waals surface area contributed by atoms with Crippen molar-refractivity contribution in [3.05, 3.63) is 94.8 Å². The first kappa shape index (κ1) is 30.1. The summed E-state index contributed by atoms with van der Waals surface area (Å²) in [6.45, 7) is 6.88. The molecule has 0 saturated carbocycles. The summed E-state index contributed by atoms with van der Waals surface area (Å²) >= 11 is 6.35. The van der Waals surface area contributed by atoms with E-state index in [2.05, 4.69) is 5.32 Å². The highest BCUT2D eigenvalue weighted by Gasteiger charge is 2.33. The van der Waals surface area contributed by atoms with Crippen molar-refractivity contribution in [3.63, 3.8) is 0 Å². The van der Waals surface area contributed by atoms with E-state index in [1.165, 1.54) is 35.2 Å². The fourth-order valence-corrected chi connectivity index (χ4v) is 5.47. The van der Waals surface area contributed by atoms with Gasteiger partial charge in [0.2, 0.25) is 11.8 Å². The van der Waals surface area contributed by atoms with E-state index < -0.39 is 40.2 Å². The maximum Gasteiger partial charge on any atom is 0.264 e. The number of sulfonamides is 1. The average molecular weight is 574 g/mol. The summed E-state index contributed by atoms with van der Waals surface area (Å²) in [5.74, 6) is -1.71. The quantitative estimate of drug-likeness (QED) is 0.343. The van der Waals surface area contributed by atoms with Crippen LogP contribution in [-0.4, -0.2) is 44.3 Å². The molecule has 39 heavy (non-hydrogen) atoms. The van der Waals surface area contributed by atoms with Crippen LogP contribution in [0.2, 0.25) is 5.02 Å². The number of para-hydroxylation sites is 1. The number of rotatable bonds is 11. The van der Waals surface area contributed by atoms with E-state index in [0.717, 1.165) is 15.9 Å². The Bertz CT molecular complexity index is 1410. The van der Waals surface area contributed by atoms with Gasteiger partial charge in [0.05, 0.1) is 10.6 Å². The number of benzene rings is 3. The molecule has 7 nitrogen and oxygen atoms in total. The van der Waals surface area contributed by atoms with Gasteiger partial charge in [0.1, 0.15) is 18.4 Å². The van der Waals surface area contributed by atoms with Gasteiger partial charge >= 0.3 is 0 Å². The van der Waals surface area contributed by atoms with Gasteiger partial charge in [-0.3, -0.25) is 13.9 Å². The number of nitrogens with one attached hydrogen (secondary N) is 1. The maximum absolute atomic E-state index is 15.0. The van der Waals surface area contributed by atoms with Crippen molar-refractivity contribution >= 4 is 39.1 Å². The summed E-state index contributed by atoms with van der Waals surface area (Å²) in [6.07, 6.45) is 0. The van der Waals surface area contributed by atoms with Crippen molar-refractivity contribution < 1.29 is 22.4 Å². The molecule has 1 atom stereocenters. The number of hydrogen-bond acceptors (Lipinski definition) is 4. The Hall–Kier alpha value is -3.43. The Morgan fingerprint density at radius 2 is 1.56 bits per heavy atom. The second kappa shape index (κ2) is 13.1. The van der Waals surface area contributed by atoms with Crippen molar-refractivity contribution in [3.8, 4) is 0 Å². The smallest absolute Gasteiger partial charge is 0.264 e. The van der Waals surface area contributed by atoms with Gasteiger partial charge in [-0.15, -0.1) is 0 Å². The highest BCUT2D eigenvalue weighted by atomic mass is 35.5. The van der Waals surface area contributed by atoms with Crippen molar-refractivity contribution in [2.24, 2.45) is 5.92 Å². The van der Waals surface area contributed by atoms with Crippen LogP contribution in [-0.2, 0) is 26.2 Å². The molecule has 0 aliphatic rings. The predicted octanol–water partition coefficient (Wildman–Crippen LogP) is 5.17. The zero-order valence-corrected chi connectivity index (χ0v) is 24.0. The van der Waals surface area contributed by atoms with Crippen LogP contribution in [0.1, 0.15) is 31.9 Å². The van der Waals surface area contributed by atoms with Crippen molar-refractivity contribution in [1.29, 1.82) is 0 Å². The van der Waals surface area contributed by atoms with Gasteiger partial charge in [-0.1, -0.05) is 73.5 Å². The largest absolute Gasteiger partial charge is 0.354 e. The average Bonchev–Trinajstić information content (AvgIpc) is 2.90. The Labute approximate surface area is 234 Å². The molecule has 0 radical (unpaired) electrons. The third-order valence-electron chi connectivity index (χ3n) is 6.16. The van der Waals surface area contributed by atoms with Gasteiger partial charge in [0.25, 0.3) is 10.0 Å². The third kappa shape index (κ3) is 7.58. The number of nitrogens with zero attached hydrogens (tertiary/aromatic N) is 2. The normalized spacial score (nSPS) is 12.2. The van der Waals surface area contributed by atoms with E-state index in [1.54, 1.807) is 43.3 Å². The minimum atomic E-state index is -4.35. The van der Waals surface area contributed by atoms with E-state index >= 15 is 0 Å². The SMILES string of the molecule is Cc1ccc(S(=O)(=O)N(CC(=O)N(Cc2ccccc2Cl)[C@H](C)C(=O)NCC(C)C)c2ccccc2F)cc1. The van der Waals surface area contributed by atoms with Gasteiger partial charge in [0.15, 0.2) is 0 Å². The van der Waals surface area contributed by atoms with Gasteiger partial charge in [-0.25, -0.2) is 12.8 Å². The zero-order valence-electron chi connectivity index (χ0n) is 22.4. The van der Waals surface area contributed by atoms with Crippen LogP contribution in [0.15, 0.2) is 77.7 Å². The standard InChI is InChI=1S/C29H33ClFN3O4S/c1-20(2)17-32-29(36)22(4)33(18-23-9-5-6-10-25(23)30)28(35)19-34(27-12-8-7-11-26(27)31)39(37,38)24-15-13-21(3)14-16-24/h5-16,20,22H,17-19H2,1-4H3,(H,32,36)/t22-/m1/s1. The lowest BCUT2D eigenvalue weighted by atomic mass is 10.1. The molecule has 3 aromatic rings. The van der Waals surface area contributed by atoms with Gasteiger partial charge < -0.3 is 10.2 Å². The Balaban J connectivity index is 2.03. The molecule has 1 N–H and O–H groups in total. The molecule has 0 bridgehead atoms. The molecule has 0 fully saturated rings. The number of aryl methyl sites for hydroxylation is 1. The lowest BCUT2D eigenvalue weighted by Gasteiger charge is -2.32. The lowest BCUT2D eigenvalue weighted by Crippen LogP contribution is -2.51. The van der Waals surface area contributed by atoms with Gasteiger partial charge in [-0.05, 0) is 55.7 Å². The Kier molecular flexibility index (Phi) is 10.1. The van der Waals surface area contributed by atoms with E-state index in [1.807, 2.05) is 20.8 Å². The van der Waals surface area contributed by atoms with E-state index in [0.29, 0.717) is 17.1 Å². The monoisotopic (exact) mass is 573 g/mol. The molecule has 208 valence electrons.